The first-order chi connectivity index (χ1) is 15.4. The van der Waals surface area contributed by atoms with Crippen LogP contribution in [0.15, 0.2) is 82.7 Å². The number of hydrogen-bond acceptors (Lipinski definition) is 5. The van der Waals surface area contributed by atoms with Gasteiger partial charge in [0.2, 0.25) is 5.91 Å². The van der Waals surface area contributed by atoms with Crippen LogP contribution in [-0.4, -0.2) is 27.0 Å². The van der Waals surface area contributed by atoms with Gasteiger partial charge in [0.25, 0.3) is 5.56 Å². The van der Waals surface area contributed by atoms with Gasteiger partial charge in [-0.3, -0.25) is 19.0 Å². The molecule has 0 spiro atoms. The largest absolute Gasteiger partial charge is 0.325 e. The minimum atomic E-state index is -0.282. The SMILES string of the molecule is CC(=O)c1cccc(NC(=O)CSc2nc3ccccc3c(=O)n2-c2cccc(Cl)c2)c1. The molecule has 0 aliphatic rings. The van der Waals surface area contributed by atoms with E-state index in [1.54, 1.807) is 66.7 Å². The Morgan fingerprint density at radius 3 is 2.59 bits per heavy atom. The Balaban J connectivity index is 1.64. The number of aromatic nitrogens is 2. The number of hydrogen-bond donors (Lipinski definition) is 1. The number of carbonyl (C=O) groups excluding carboxylic acids is 2. The van der Waals surface area contributed by atoms with Crippen LogP contribution in [0.5, 0.6) is 0 Å². The Kier molecular flexibility index (Phi) is 6.39. The zero-order valence-corrected chi connectivity index (χ0v) is 18.6. The van der Waals surface area contributed by atoms with Gasteiger partial charge in [-0.15, -0.1) is 0 Å². The van der Waals surface area contributed by atoms with Crippen molar-refractivity contribution in [3.8, 4) is 5.69 Å². The summed E-state index contributed by atoms with van der Waals surface area (Å²) in [6, 6.07) is 20.7. The van der Waals surface area contributed by atoms with Crippen molar-refractivity contribution in [2.24, 2.45) is 0 Å². The Morgan fingerprint density at radius 2 is 1.81 bits per heavy atom. The lowest BCUT2D eigenvalue weighted by atomic mass is 10.1. The summed E-state index contributed by atoms with van der Waals surface area (Å²) in [6.07, 6.45) is 0. The average molecular weight is 464 g/mol. The van der Waals surface area contributed by atoms with Crippen LogP contribution in [0.1, 0.15) is 17.3 Å². The molecule has 1 N–H and O–H groups in total. The van der Waals surface area contributed by atoms with Crippen molar-refractivity contribution in [1.29, 1.82) is 0 Å². The molecule has 1 amide bonds. The van der Waals surface area contributed by atoms with E-state index < -0.39 is 0 Å². The van der Waals surface area contributed by atoms with Crippen molar-refractivity contribution >= 4 is 51.6 Å². The molecule has 0 fully saturated rings. The summed E-state index contributed by atoms with van der Waals surface area (Å²) in [5.41, 5.74) is 1.92. The molecule has 4 rings (SSSR count). The molecule has 4 aromatic rings. The smallest absolute Gasteiger partial charge is 0.266 e. The van der Waals surface area contributed by atoms with E-state index in [1.165, 1.54) is 11.5 Å². The van der Waals surface area contributed by atoms with Crippen molar-refractivity contribution < 1.29 is 9.59 Å². The zero-order valence-electron chi connectivity index (χ0n) is 17.0. The number of halogens is 1. The van der Waals surface area contributed by atoms with Gasteiger partial charge in [0.15, 0.2) is 10.9 Å². The first kappa shape index (κ1) is 21.8. The number of fused-ring (bicyclic) bond motifs is 1. The maximum Gasteiger partial charge on any atom is 0.266 e. The predicted octanol–water partition coefficient (Wildman–Crippen LogP) is 4.97. The van der Waals surface area contributed by atoms with E-state index in [1.807, 2.05) is 6.07 Å². The summed E-state index contributed by atoms with van der Waals surface area (Å²) in [5.74, 6) is -0.340. The summed E-state index contributed by atoms with van der Waals surface area (Å²) in [6.45, 7) is 1.47. The third-order valence-electron chi connectivity index (χ3n) is 4.70. The fourth-order valence-electron chi connectivity index (χ4n) is 3.20. The Morgan fingerprint density at radius 1 is 1.03 bits per heavy atom. The van der Waals surface area contributed by atoms with Crippen LogP contribution in [0, 0.1) is 0 Å². The Bertz CT molecular complexity index is 1400. The van der Waals surface area contributed by atoms with Gasteiger partial charge in [0, 0.05) is 16.3 Å². The third-order valence-corrected chi connectivity index (χ3v) is 5.87. The molecule has 8 heteroatoms. The number of amides is 1. The second-order valence-corrected chi connectivity index (χ2v) is 8.38. The van der Waals surface area contributed by atoms with E-state index in [-0.39, 0.29) is 23.0 Å². The monoisotopic (exact) mass is 463 g/mol. The van der Waals surface area contributed by atoms with E-state index in [0.29, 0.717) is 38.0 Å². The summed E-state index contributed by atoms with van der Waals surface area (Å²) in [7, 11) is 0. The normalized spacial score (nSPS) is 10.8. The molecule has 3 aromatic carbocycles. The molecule has 0 radical (unpaired) electrons. The average Bonchev–Trinajstić information content (AvgIpc) is 2.78. The molecule has 6 nitrogen and oxygen atoms in total. The summed E-state index contributed by atoms with van der Waals surface area (Å²) >= 11 is 7.28. The molecule has 0 aliphatic carbocycles. The molecule has 160 valence electrons. The molecule has 0 atom stereocenters. The van der Waals surface area contributed by atoms with Gasteiger partial charge in [-0.1, -0.05) is 53.7 Å². The van der Waals surface area contributed by atoms with Crippen molar-refractivity contribution in [3.63, 3.8) is 0 Å². The van der Waals surface area contributed by atoms with Crippen LogP contribution >= 0.6 is 23.4 Å². The van der Waals surface area contributed by atoms with E-state index in [0.717, 1.165) is 11.8 Å². The van der Waals surface area contributed by atoms with Crippen molar-refractivity contribution in [2.75, 3.05) is 11.1 Å². The number of benzene rings is 3. The van der Waals surface area contributed by atoms with Gasteiger partial charge in [-0.2, -0.15) is 0 Å². The minimum Gasteiger partial charge on any atom is -0.325 e. The number of anilines is 1. The maximum absolute atomic E-state index is 13.2. The first-order valence-corrected chi connectivity index (χ1v) is 11.1. The number of carbonyl (C=O) groups is 2. The first-order valence-electron chi connectivity index (χ1n) is 9.74. The second kappa shape index (κ2) is 9.38. The van der Waals surface area contributed by atoms with Gasteiger partial charge in [-0.05, 0) is 49.4 Å². The molecular weight excluding hydrogens is 446 g/mol. The fourth-order valence-corrected chi connectivity index (χ4v) is 4.19. The van der Waals surface area contributed by atoms with E-state index >= 15 is 0 Å². The zero-order chi connectivity index (χ0) is 22.7. The molecule has 0 saturated heterocycles. The molecule has 1 heterocycles. The Hall–Kier alpha value is -3.42. The number of nitrogens with one attached hydrogen (secondary N) is 1. The minimum absolute atomic E-state index is 0.0235. The molecule has 0 aliphatic heterocycles. The van der Waals surface area contributed by atoms with Crippen LogP contribution in [0.25, 0.3) is 16.6 Å². The maximum atomic E-state index is 13.2. The van der Waals surface area contributed by atoms with Crippen molar-refractivity contribution in [1.82, 2.24) is 9.55 Å². The number of nitrogens with zero attached hydrogens (tertiary/aromatic N) is 2. The molecule has 0 bridgehead atoms. The van der Waals surface area contributed by atoms with E-state index in [4.69, 9.17) is 11.6 Å². The standard InChI is InChI=1S/C24H18ClN3O3S/c1-15(29)16-6-4-8-18(12-16)26-22(30)14-32-24-27-21-11-3-2-10-20(21)23(31)28(24)19-9-5-7-17(25)13-19/h2-13H,14H2,1H3,(H,26,30). The summed E-state index contributed by atoms with van der Waals surface area (Å²) < 4.78 is 1.46. The lowest BCUT2D eigenvalue weighted by Crippen LogP contribution is -2.23. The van der Waals surface area contributed by atoms with E-state index in [9.17, 15) is 14.4 Å². The number of thioether (sulfide) groups is 1. The number of rotatable bonds is 6. The van der Waals surface area contributed by atoms with Gasteiger partial charge >= 0.3 is 0 Å². The number of ketones is 1. The van der Waals surface area contributed by atoms with Crippen LogP contribution in [0.4, 0.5) is 5.69 Å². The molecule has 0 unspecified atom stereocenters. The molecule has 1 aromatic heterocycles. The van der Waals surface area contributed by atoms with Gasteiger partial charge in [-0.25, -0.2) is 4.98 Å². The van der Waals surface area contributed by atoms with Crippen LogP contribution in [0.2, 0.25) is 5.02 Å². The molecule has 0 saturated carbocycles. The van der Waals surface area contributed by atoms with Gasteiger partial charge in [0.1, 0.15) is 0 Å². The van der Waals surface area contributed by atoms with E-state index in [2.05, 4.69) is 10.3 Å². The highest BCUT2D eigenvalue weighted by atomic mass is 35.5. The highest BCUT2D eigenvalue weighted by molar-refractivity contribution is 7.99. The molecular formula is C24H18ClN3O3S. The lowest BCUT2D eigenvalue weighted by molar-refractivity contribution is -0.113. The van der Waals surface area contributed by atoms with Crippen LogP contribution < -0.4 is 10.9 Å². The predicted molar refractivity (Wildman–Crippen MR) is 128 cm³/mol. The molecule has 32 heavy (non-hydrogen) atoms. The lowest BCUT2D eigenvalue weighted by Gasteiger charge is -2.13. The summed E-state index contributed by atoms with van der Waals surface area (Å²) in [4.78, 5) is 42.0. The fraction of sp³-hybridized carbons (Fsp3) is 0.0833. The quantitative estimate of drug-likeness (QED) is 0.248. The van der Waals surface area contributed by atoms with Crippen LogP contribution in [-0.2, 0) is 4.79 Å². The van der Waals surface area contributed by atoms with Crippen LogP contribution in [0.3, 0.4) is 0 Å². The second-order valence-electron chi connectivity index (χ2n) is 7.01. The highest BCUT2D eigenvalue weighted by Crippen LogP contribution is 2.23. The van der Waals surface area contributed by atoms with Gasteiger partial charge in [0.05, 0.1) is 22.3 Å². The van der Waals surface area contributed by atoms with Crippen molar-refractivity contribution in [2.45, 2.75) is 12.1 Å². The van der Waals surface area contributed by atoms with Crippen molar-refractivity contribution in [3.05, 3.63) is 93.7 Å². The van der Waals surface area contributed by atoms with Gasteiger partial charge < -0.3 is 5.32 Å². The Labute approximate surface area is 193 Å². The number of para-hydroxylation sites is 1. The third kappa shape index (κ3) is 4.74. The highest BCUT2D eigenvalue weighted by Gasteiger charge is 2.15. The summed E-state index contributed by atoms with van der Waals surface area (Å²) in [5, 5.41) is 4.12. The topological polar surface area (TPSA) is 81.1 Å². The number of Topliss-reactive ketones (excluding diaryl/α,β-unsaturated/α-hetero) is 1.